The molecule has 1 saturated heterocycles. The number of aliphatic carboxylic acids is 1. The normalized spacial score (nSPS) is 18.7. The van der Waals surface area contributed by atoms with Crippen LogP contribution in [-0.4, -0.2) is 45.2 Å². The van der Waals surface area contributed by atoms with Gasteiger partial charge in [-0.05, 0) is 31.4 Å². The van der Waals surface area contributed by atoms with E-state index in [9.17, 15) is 22.8 Å². The number of hydrogen-bond acceptors (Lipinski definition) is 4. The number of amides is 1. The zero-order valence-corrected chi connectivity index (χ0v) is 12.9. The zero-order valence-electron chi connectivity index (χ0n) is 12.0. The number of carbonyl (C=O) groups is 2. The van der Waals surface area contributed by atoms with Gasteiger partial charge in [-0.3, -0.25) is 4.79 Å². The molecule has 1 amide bonds. The standard InChI is InChI=1S/C14H15F3N2O3S/c15-14(16,17)9-4-5-11(18-7-9)23-8-12(20)19-6-2-1-3-10(19)13(21)22/h4-5,7,10H,1-3,6,8H2,(H,21,22). The van der Waals surface area contributed by atoms with Crippen LogP contribution in [0.15, 0.2) is 23.4 Å². The third-order valence-electron chi connectivity index (χ3n) is 3.52. The Morgan fingerprint density at radius 2 is 2.09 bits per heavy atom. The summed E-state index contributed by atoms with van der Waals surface area (Å²) in [5.74, 6) is -1.43. The third-order valence-corrected chi connectivity index (χ3v) is 4.44. The van der Waals surface area contributed by atoms with Crippen LogP contribution in [0.4, 0.5) is 13.2 Å². The number of thioether (sulfide) groups is 1. The first kappa shape index (κ1) is 17.6. The molecule has 1 aliphatic heterocycles. The minimum Gasteiger partial charge on any atom is -0.480 e. The Hall–Kier alpha value is -1.77. The fraction of sp³-hybridized carbons (Fsp3) is 0.500. The van der Waals surface area contributed by atoms with E-state index in [2.05, 4.69) is 4.98 Å². The topological polar surface area (TPSA) is 70.5 Å². The van der Waals surface area contributed by atoms with Crippen molar-refractivity contribution < 1.29 is 27.9 Å². The molecule has 0 saturated carbocycles. The Morgan fingerprint density at radius 1 is 1.35 bits per heavy atom. The van der Waals surface area contributed by atoms with E-state index in [1.54, 1.807) is 0 Å². The summed E-state index contributed by atoms with van der Waals surface area (Å²) in [7, 11) is 0. The van der Waals surface area contributed by atoms with E-state index in [1.807, 2.05) is 0 Å². The summed E-state index contributed by atoms with van der Waals surface area (Å²) in [6, 6.07) is 1.28. The summed E-state index contributed by atoms with van der Waals surface area (Å²) >= 11 is 0.993. The van der Waals surface area contributed by atoms with Crippen LogP contribution in [0, 0.1) is 0 Å². The molecule has 0 bridgehead atoms. The maximum Gasteiger partial charge on any atom is 0.417 e. The highest BCUT2D eigenvalue weighted by molar-refractivity contribution is 7.99. The molecule has 0 radical (unpaired) electrons. The highest BCUT2D eigenvalue weighted by Crippen LogP contribution is 2.29. The van der Waals surface area contributed by atoms with Crippen LogP contribution < -0.4 is 0 Å². The molecule has 1 aliphatic rings. The van der Waals surface area contributed by atoms with Crippen LogP contribution in [0.1, 0.15) is 24.8 Å². The number of piperidine rings is 1. The van der Waals surface area contributed by atoms with Crippen LogP contribution >= 0.6 is 11.8 Å². The fourth-order valence-electron chi connectivity index (χ4n) is 2.34. The van der Waals surface area contributed by atoms with Crippen LogP contribution in [0.5, 0.6) is 0 Å². The lowest BCUT2D eigenvalue weighted by atomic mass is 10.0. The number of carboxylic acid groups (broad SMARTS) is 1. The average Bonchev–Trinajstić information content (AvgIpc) is 2.52. The third kappa shape index (κ3) is 4.60. The van der Waals surface area contributed by atoms with E-state index in [-0.39, 0.29) is 16.7 Å². The van der Waals surface area contributed by atoms with E-state index in [0.717, 1.165) is 30.7 Å². The molecule has 2 heterocycles. The largest absolute Gasteiger partial charge is 0.480 e. The molecule has 1 atom stereocenters. The number of pyridine rings is 1. The van der Waals surface area contributed by atoms with Gasteiger partial charge < -0.3 is 10.0 Å². The van der Waals surface area contributed by atoms with Gasteiger partial charge in [-0.2, -0.15) is 13.2 Å². The molecule has 1 fully saturated rings. The zero-order chi connectivity index (χ0) is 17.0. The van der Waals surface area contributed by atoms with Gasteiger partial charge >= 0.3 is 12.1 Å². The SMILES string of the molecule is O=C(O)C1CCCCN1C(=O)CSc1ccc(C(F)(F)F)cn1. The van der Waals surface area contributed by atoms with Crippen molar-refractivity contribution >= 4 is 23.6 Å². The second-order valence-corrected chi connectivity index (χ2v) is 6.10. The van der Waals surface area contributed by atoms with E-state index in [4.69, 9.17) is 5.11 Å². The fourth-order valence-corrected chi connectivity index (χ4v) is 3.07. The van der Waals surface area contributed by atoms with Gasteiger partial charge in [0, 0.05) is 12.7 Å². The lowest BCUT2D eigenvalue weighted by Gasteiger charge is -2.32. The van der Waals surface area contributed by atoms with Gasteiger partial charge in [0.15, 0.2) is 0 Å². The molecular formula is C14H15F3N2O3S. The molecule has 2 rings (SSSR count). The molecule has 126 valence electrons. The second kappa shape index (κ2) is 7.20. The molecule has 9 heteroatoms. The molecule has 1 N–H and O–H groups in total. The van der Waals surface area contributed by atoms with Crippen molar-refractivity contribution in [3.8, 4) is 0 Å². The summed E-state index contributed by atoms with van der Waals surface area (Å²) in [5, 5.41) is 9.42. The van der Waals surface area contributed by atoms with Crippen molar-refractivity contribution in [1.82, 2.24) is 9.88 Å². The average molecular weight is 348 g/mol. The van der Waals surface area contributed by atoms with E-state index >= 15 is 0 Å². The molecular weight excluding hydrogens is 333 g/mol. The van der Waals surface area contributed by atoms with E-state index in [1.165, 1.54) is 11.0 Å². The maximum atomic E-state index is 12.4. The van der Waals surface area contributed by atoms with Gasteiger partial charge in [-0.25, -0.2) is 9.78 Å². The molecule has 23 heavy (non-hydrogen) atoms. The molecule has 5 nitrogen and oxygen atoms in total. The summed E-state index contributed by atoms with van der Waals surface area (Å²) in [6.45, 7) is 0.386. The Bertz CT molecular complexity index is 578. The minimum atomic E-state index is -4.45. The van der Waals surface area contributed by atoms with E-state index in [0.29, 0.717) is 19.2 Å². The lowest BCUT2D eigenvalue weighted by Crippen LogP contribution is -2.48. The Labute approximate surface area is 134 Å². The number of aromatic nitrogens is 1. The first-order chi connectivity index (χ1) is 10.8. The van der Waals surface area contributed by atoms with Crippen molar-refractivity contribution in [1.29, 1.82) is 0 Å². The molecule has 0 aromatic carbocycles. The van der Waals surface area contributed by atoms with Gasteiger partial charge in [-0.15, -0.1) is 0 Å². The Kier molecular flexibility index (Phi) is 5.51. The molecule has 0 aliphatic carbocycles. The first-order valence-corrected chi connectivity index (χ1v) is 7.96. The Morgan fingerprint density at radius 3 is 2.65 bits per heavy atom. The quantitative estimate of drug-likeness (QED) is 0.847. The Balaban J connectivity index is 1.94. The van der Waals surface area contributed by atoms with Crippen molar-refractivity contribution in [3.63, 3.8) is 0 Å². The van der Waals surface area contributed by atoms with Crippen molar-refractivity contribution in [2.24, 2.45) is 0 Å². The van der Waals surface area contributed by atoms with Gasteiger partial charge in [0.05, 0.1) is 16.3 Å². The van der Waals surface area contributed by atoms with Crippen LogP contribution in [0.25, 0.3) is 0 Å². The lowest BCUT2D eigenvalue weighted by molar-refractivity contribution is -0.150. The number of halogens is 3. The number of carbonyl (C=O) groups excluding carboxylic acids is 1. The summed E-state index contributed by atoms with van der Waals surface area (Å²) < 4.78 is 37.3. The maximum absolute atomic E-state index is 12.4. The van der Waals surface area contributed by atoms with Crippen molar-refractivity contribution in [2.75, 3.05) is 12.3 Å². The predicted molar refractivity (Wildman–Crippen MR) is 77.0 cm³/mol. The molecule has 1 aromatic rings. The number of likely N-dealkylation sites (tertiary alicyclic amines) is 1. The second-order valence-electron chi connectivity index (χ2n) is 5.11. The molecule has 1 aromatic heterocycles. The number of rotatable bonds is 4. The first-order valence-electron chi connectivity index (χ1n) is 6.97. The summed E-state index contributed by atoms with van der Waals surface area (Å²) in [5.41, 5.74) is -0.852. The number of alkyl halides is 3. The van der Waals surface area contributed by atoms with Crippen LogP contribution in [-0.2, 0) is 15.8 Å². The highest BCUT2D eigenvalue weighted by atomic mass is 32.2. The number of carboxylic acids is 1. The van der Waals surface area contributed by atoms with Crippen molar-refractivity contribution in [2.45, 2.75) is 36.5 Å². The van der Waals surface area contributed by atoms with Gasteiger partial charge in [0.25, 0.3) is 0 Å². The minimum absolute atomic E-state index is 0.0534. The van der Waals surface area contributed by atoms with Crippen LogP contribution in [0.3, 0.4) is 0 Å². The summed E-state index contributed by atoms with van der Waals surface area (Å²) in [6.07, 6.45) is -1.81. The van der Waals surface area contributed by atoms with Crippen molar-refractivity contribution in [3.05, 3.63) is 23.9 Å². The van der Waals surface area contributed by atoms with Gasteiger partial charge in [-0.1, -0.05) is 11.8 Å². The van der Waals surface area contributed by atoms with E-state index < -0.39 is 23.8 Å². The predicted octanol–water partition coefficient (Wildman–Crippen LogP) is 2.66. The monoisotopic (exact) mass is 348 g/mol. The van der Waals surface area contributed by atoms with Gasteiger partial charge in [0.1, 0.15) is 6.04 Å². The molecule has 1 unspecified atom stereocenters. The number of hydrogen-bond donors (Lipinski definition) is 1. The molecule has 0 spiro atoms. The smallest absolute Gasteiger partial charge is 0.417 e. The van der Waals surface area contributed by atoms with Gasteiger partial charge in [0.2, 0.25) is 5.91 Å². The summed E-state index contributed by atoms with van der Waals surface area (Å²) in [4.78, 5) is 28.3. The highest BCUT2D eigenvalue weighted by Gasteiger charge is 2.32. The number of nitrogens with zero attached hydrogens (tertiary/aromatic N) is 2. The van der Waals surface area contributed by atoms with Crippen LogP contribution in [0.2, 0.25) is 0 Å².